The highest BCUT2D eigenvalue weighted by Gasteiger charge is 2.41. The molecule has 0 spiro atoms. The number of hydrogen-bond acceptors (Lipinski definition) is 4. The Morgan fingerprint density at radius 1 is 1.35 bits per heavy atom. The molecule has 1 aliphatic rings. The number of carbonyl (C=O) groups is 1. The molecule has 0 N–H and O–H groups in total. The van der Waals surface area contributed by atoms with Gasteiger partial charge in [0.2, 0.25) is 0 Å². The van der Waals surface area contributed by atoms with Gasteiger partial charge in [0.15, 0.2) is 11.4 Å². The summed E-state index contributed by atoms with van der Waals surface area (Å²) in [5, 5.41) is 0.663. The van der Waals surface area contributed by atoms with Crippen LogP contribution in [0.4, 0.5) is 18.3 Å². The lowest BCUT2D eigenvalue weighted by molar-refractivity contribution is -0.179. The van der Waals surface area contributed by atoms with Crippen LogP contribution in [0.1, 0.15) is 48.0 Å². The highest BCUT2D eigenvalue weighted by atomic mass is 32.1. The van der Waals surface area contributed by atoms with Crippen molar-refractivity contribution in [1.82, 2.24) is 4.98 Å². The van der Waals surface area contributed by atoms with Crippen LogP contribution in [-0.4, -0.2) is 30.5 Å². The lowest BCUT2D eigenvalue weighted by Gasteiger charge is -2.32. The van der Waals surface area contributed by atoms with Gasteiger partial charge in [-0.25, -0.2) is 4.98 Å². The molecule has 0 unspecified atom stereocenters. The maximum Gasteiger partial charge on any atom is 0.391 e. The number of hydrogen-bond donors (Lipinski definition) is 0. The number of carbonyl (C=O) groups excluding carboxylic acids is 1. The predicted octanol–water partition coefficient (Wildman–Crippen LogP) is 3.86. The first-order valence-corrected chi connectivity index (χ1v) is 7.42. The Kier molecular flexibility index (Phi) is 4.36. The molecule has 1 fully saturated rings. The smallest absolute Gasteiger partial charge is 0.348 e. The fourth-order valence-corrected chi connectivity index (χ4v) is 3.45. The average molecular weight is 306 g/mol. The Balaban J connectivity index is 2.09. The molecule has 20 heavy (non-hydrogen) atoms. The van der Waals surface area contributed by atoms with Crippen LogP contribution in [0, 0.1) is 5.92 Å². The van der Waals surface area contributed by atoms with Gasteiger partial charge in [0.1, 0.15) is 0 Å². The molecule has 7 heteroatoms. The lowest BCUT2D eigenvalue weighted by atomic mass is 9.97. The normalized spacial score (nSPS) is 17.8. The first-order chi connectivity index (χ1) is 9.32. The van der Waals surface area contributed by atoms with Gasteiger partial charge in [-0.1, -0.05) is 25.2 Å². The largest absolute Gasteiger partial charge is 0.391 e. The molecule has 1 saturated heterocycles. The quantitative estimate of drug-likeness (QED) is 0.795. The van der Waals surface area contributed by atoms with Crippen LogP contribution in [-0.2, 0) is 0 Å². The Bertz CT molecular complexity index is 476. The van der Waals surface area contributed by atoms with E-state index >= 15 is 0 Å². The molecule has 1 aromatic rings. The molecule has 0 amide bonds. The van der Waals surface area contributed by atoms with Crippen LogP contribution < -0.4 is 4.90 Å². The first kappa shape index (κ1) is 15.3. The molecule has 0 atom stereocenters. The summed E-state index contributed by atoms with van der Waals surface area (Å²) < 4.78 is 37.9. The second-order valence-electron chi connectivity index (χ2n) is 5.32. The Morgan fingerprint density at radius 2 is 1.95 bits per heavy atom. The summed E-state index contributed by atoms with van der Waals surface area (Å²) in [5.41, 5.74) is 0.734. The zero-order valence-electron chi connectivity index (χ0n) is 11.4. The van der Waals surface area contributed by atoms with Crippen molar-refractivity contribution in [2.75, 3.05) is 18.0 Å². The van der Waals surface area contributed by atoms with Crippen LogP contribution in [0.25, 0.3) is 0 Å². The fraction of sp³-hybridized carbons (Fsp3) is 0.692. The fourth-order valence-electron chi connectivity index (χ4n) is 2.36. The third kappa shape index (κ3) is 3.13. The monoisotopic (exact) mass is 306 g/mol. The van der Waals surface area contributed by atoms with Crippen molar-refractivity contribution in [2.24, 2.45) is 5.92 Å². The topological polar surface area (TPSA) is 33.2 Å². The number of alkyl halides is 3. The molecule has 2 rings (SSSR count). The zero-order valence-corrected chi connectivity index (χ0v) is 12.2. The van der Waals surface area contributed by atoms with Gasteiger partial charge in [0.25, 0.3) is 0 Å². The van der Waals surface area contributed by atoms with E-state index in [1.165, 1.54) is 11.3 Å². The Labute approximate surface area is 119 Å². The van der Waals surface area contributed by atoms with Gasteiger partial charge in [-0.05, 0) is 18.8 Å². The van der Waals surface area contributed by atoms with Crippen molar-refractivity contribution < 1.29 is 18.0 Å². The number of piperidine rings is 1. The molecule has 0 bridgehead atoms. The molecular formula is C13H17F3N2OS. The second kappa shape index (κ2) is 5.71. The van der Waals surface area contributed by atoms with E-state index in [1.807, 2.05) is 18.7 Å². The molecule has 3 nitrogen and oxygen atoms in total. The van der Waals surface area contributed by atoms with Crippen molar-refractivity contribution in [3.05, 3.63) is 10.6 Å². The number of aldehydes is 1. The minimum Gasteiger partial charge on any atom is -0.348 e. The molecule has 2 heterocycles. The van der Waals surface area contributed by atoms with Crippen LogP contribution in [0.3, 0.4) is 0 Å². The summed E-state index contributed by atoms with van der Waals surface area (Å²) in [6.07, 6.45) is -3.14. The van der Waals surface area contributed by atoms with E-state index in [2.05, 4.69) is 4.98 Å². The van der Waals surface area contributed by atoms with Crippen molar-refractivity contribution in [1.29, 1.82) is 0 Å². The number of rotatable bonds is 3. The summed E-state index contributed by atoms with van der Waals surface area (Å²) in [6, 6.07) is 0. The van der Waals surface area contributed by atoms with E-state index in [0.29, 0.717) is 23.1 Å². The summed E-state index contributed by atoms with van der Waals surface area (Å²) >= 11 is 1.27. The molecular weight excluding hydrogens is 289 g/mol. The first-order valence-electron chi connectivity index (χ1n) is 6.60. The van der Waals surface area contributed by atoms with Crippen molar-refractivity contribution in [2.45, 2.75) is 38.8 Å². The van der Waals surface area contributed by atoms with Gasteiger partial charge >= 0.3 is 6.18 Å². The van der Waals surface area contributed by atoms with E-state index in [1.54, 1.807) is 0 Å². The molecule has 0 saturated carbocycles. The van der Waals surface area contributed by atoms with E-state index in [0.717, 1.165) is 12.0 Å². The molecule has 0 radical (unpaired) electrons. The van der Waals surface area contributed by atoms with E-state index < -0.39 is 12.1 Å². The summed E-state index contributed by atoms with van der Waals surface area (Å²) in [4.78, 5) is 17.9. The van der Waals surface area contributed by atoms with Gasteiger partial charge < -0.3 is 4.90 Å². The molecule has 112 valence electrons. The van der Waals surface area contributed by atoms with Gasteiger partial charge in [-0.15, -0.1) is 0 Å². The molecule has 0 aromatic carbocycles. The van der Waals surface area contributed by atoms with Gasteiger partial charge in [-0.3, -0.25) is 4.79 Å². The minimum atomic E-state index is -4.11. The van der Waals surface area contributed by atoms with E-state index in [4.69, 9.17) is 0 Å². The Hall–Kier alpha value is -1.11. The van der Waals surface area contributed by atoms with Crippen molar-refractivity contribution >= 4 is 22.8 Å². The summed E-state index contributed by atoms with van der Waals surface area (Å²) in [6.45, 7) is 4.57. The number of anilines is 1. The SMILES string of the molecule is CC(C)c1nc(N2CCC(C(F)(F)F)CC2)sc1C=O. The number of halogens is 3. The zero-order chi connectivity index (χ0) is 14.9. The van der Waals surface area contributed by atoms with Crippen LogP contribution in [0.2, 0.25) is 0 Å². The highest BCUT2D eigenvalue weighted by molar-refractivity contribution is 7.17. The van der Waals surface area contributed by atoms with E-state index in [9.17, 15) is 18.0 Å². The maximum atomic E-state index is 12.6. The van der Waals surface area contributed by atoms with Gasteiger partial charge in [0, 0.05) is 13.1 Å². The summed E-state index contributed by atoms with van der Waals surface area (Å²) in [5.74, 6) is -1.08. The molecule has 1 aliphatic heterocycles. The molecule has 0 aliphatic carbocycles. The van der Waals surface area contributed by atoms with Crippen LogP contribution in [0.15, 0.2) is 0 Å². The number of aromatic nitrogens is 1. The molecule has 1 aromatic heterocycles. The van der Waals surface area contributed by atoms with Gasteiger partial charge in [-0.2, -0.15) is 13.2 Å². The second-order valence-corrected chi connectivity index (χ2v) is 6.33. The minimum absolute atomic E-state index is 0.0938. The standard InChI is InChI=1S/C13H17F3N2OS/c1-8(2)11-10(7-19)20-12(17-11)18-5-3-9(4-6-18)13(14,15)16/h7-9H,3-6H2,1-2H3. The van der Waals surface area contributed by atoms with Crippen molar-refractivity contribution in [3.63, 3.8) is 0 Å². The van der Waals surface area contributed by atoms with Crippen LogP contribution in [0.5, 0.6) is 0 Å². The van der Waals surface area contributed by atoms with Gasteiger partial charge in [0.05, 0.1) is 16.5 Å². The third-order valence-electron chi connectivity index (χ3n) is 3.55. The van der Waals surface area contributed by atoms with Crippen LogP contribution >= 0.6 is 11.3 Å². The summed E-state index contributed by atoms with van der Waals surface area (Å²) in [7, 11) is 0. The number of nitrogens with zero attached hydrogens (tertiary/aromatic N) is 2. The van der Waals surface area contributed by atoms with Crippen molar-refractivity contribution in [3.8, 4) is 0 Å². The lowest BCUT2D eigenvalue weighted by Crippen LogP contribution is -2.38. The third-order valence-corrected chi connectivity index (χ3v) is 4.61. The highest BCUT2D eigenvalue weighted by Crippen LogP contribution is 2.37. The van der Waals surface area contributed by atoms with E-state index in [-0.39, 0.29) is 18.8 Å². The predicted molar refractivity (Wildman–Crippen MR) is 72.6 cm³/mol. The number of thiazole rings is 1. The maximum absolute atomic E-state index is 12.6. The Morgan fingerprint density at radius 3 is 2.35 bits per heavy atom. The average Bonchev–Trinajstić information content (AvgIpc) is 2.82.